The fraction of sp³-hybridized carbons (Fsp3) is 0.0556. The zero-order valence-corrected chi connectivity index (χ0v) is 22.7. The quantitative estimate of drug-likeness (QED) is 0.183. The Morgan fingerprint density at radius 1 is 0.421 bits per heavy atom. The van der Waals surface area contributed by atoms with Crippen LogP contribution in [0.4, 0.5) is 0 Å². The first-order chi connectivity index (χ1) is 18.7. The van der Waals surface area contributed by atoms with E-state index in [1.807, 2.05) is 23.5 Å². The molecule has 0 radical (unpaired) electrons. The van der Waals surface area contributed by atoms with Gasteiger partial charge in [0.2, 0.25) is 0 Å². The Labute approximate surface area is 229 Å². The summed E-state index contributed by atoms with van der Waals surface area (Å²) in [7, 11) is 0. The highest BCUT2D eigenvalue weighted by Crippen LogP contribution is 2.60. The highest BCUT2D eigenvalue weighted by atomic mass is 32.2. The van der Waals surface area contributed by atoms with E-state index < -0.39 is 0 Å². The summed E-state index contributed by atoms with van der Waals surface area (Å²) in [5.41, 5.74) is 8.25. The molecule has 2 aliphatic rings. The summed E-state index contributed by atoms with van der Waals surface area (Å²) in [6, 6.07) is 36.5. The van der Waals surface area contributed by atoms with Crippen LogP contribution in [0.2, 0.25) is 0 Å². The van der Waals surface area contributed by atoms with Crippen LogP contribution < -0.4 is 0 Å². The molecule has 0 spiro atoms. The van der Waals surface area contributed by atoms with Crippen molar-refractivity contribution in [1.82, 2.24) is 0 Å². The highest BCUT2D eigenvalue weighted by Gasteiger charge is 2.31. The third-order valence-electron chi connectivity index (χ3n) is 8.46. The van der Waals surface area contributed by atoms with Crippen LogP contribution in [0.1, 0.15) is 11.1 Å². The van der Waals surface area contributed by atoms with Gasteiger partial charge in [0.1, 0.15) is 0 Å². The van der Waals surface area contributed by atoms with Crippen LogP contribution in [0.3, 0.4) is 0 Å². The second-order valence-electron chi connectivity index (χ2n) is 10.5. The molecule has 0 nitrogen and oxygen atoms in total. The zero-order chi connectivity index (χ0) is 25.1. The molecule has 0 aliphatic carbocycles. The van der Waals surface area contributed by atoms with Crippen molar-refractivity contribution in [3.05, 3.63) is 108 Å². The SMILES string of the molecule is Cc1cc2c(c3ccccc13)Sc1ccc3c4c(c5ccccc5c-2c14)-c1cc(C)c2ccccc2c1S3. The van der Waals surface area contributed by atoms with Crippen molar-refractivity contribution in [1.29, 1.82) is 0 Å². The van der Waals surface area contributed by atoms with E-state index in [4.69, 9.17) is 0 Å². The molecule has 2 aliphatic heterocycles. The normalized spacial score (nSPS) is 13.3. The summed E-state index contributed by atoms with van der Waals surface area (Å²) in [5, 5.41) is 11.0. The van der Waals surface area contributed by atoms with Gasteiger partial charge in [0.15, 0.2) is 0 Å². The van der Waals surface area contributed by atoms with Gasteiger partial charge in [0.05, 0.1) is 0 Å². The lowest BCUT2D eigenvalue weighted by molar-refractivity contribution is 1.36. The lowest BCUT2D eigenvalue weighted by atomic mass is 9.83. The molecule has 0 saturated heterocycles. The number of hydrogen-bond donors (Lipinski definition) is 0. The molecule has 0 saturated carbocycles. The van der Waals surface area contributed by atoms with Crippen LogP contribution in [0.25, 0.3) is 65.3 Å². The second-order valence-corrected chi connectivity index (χ2v) is 12.6. The van der Waals surface area contributed by atoms with E-state index in [0.717, 1.165) is 0 Å². The minimum atomic E-state index is 1.34. The van der Waals surface area contributed by atoms with Gasteiger partial charge in [-0.2, -0.15) is 0 Å². The Morgan fingerprint density at radius 2 is 0.789 bits per heavy atom. The van der Waals surface area contributed by atoms with Gasteiger partial charge in [-0.25, -0.2) is 0 Å². The molecule has 0 amide bonds. The maximum absolute atomic E-state index is 2.44. The second kappa shape index (κ2) is 7.44. The van der Waals surface area contributed by atoms with Crippen molar-refractivity contribution >= 4 is 66.6 Å². The average molecular weight is 519 g/mol. The molecule has 2 heteroatoms. The zero-order valence-electron chi connectivity index (χ0n) is 21.1. The van der Waals surface area contributed by atoms with E-state index in [-0.39, 0.29) is 0 Å². The smallest absolute Gasteiger partial charge is 0.0280 e. The first-order valence-electron chi connectivity index (χ1n) is 13.1. The van der Waals surface area contributed by atoms with Crippen LogP contribution in [-0.2, 0) is 0 Å². The Bertz CT molecular complexity index is 2050. The summed E-state index contributed by atoms with van der Waals surface area (Å²) in [4.78, 5) is 5.51. The molecule has 178 valence electrons. The van der Waals surface area contributed by atoms with Crippen LogP contribution in [0, 0.1) is 13.8 Å². The summed E-state index contributed by atoms with van der Waals surface area (Å²) >= 11 is 3.90. The van der Waals surface area contributed by atoms with Crippen LogP contribution in [-0.4, -0.2) is 0 Å². The van der Waals surface area contributed by atoms with E-state index in [1.54, 1.807) is 0 Å². The molecule has 0 fully saturated rings. The molecule has 0 aromatic heterocycles. The van der Waals surface area contributed by atoms with Crippen molar-refractivity contribution in [3.63, 3.8) is 0 Å². The number of hydrogen-bond acceptors (Lipinski definition) is 2. The van der Waals surface area contributed by atoms with Crippen molar-refractivity contribution < 1.29 is 0 Å². The van der Waals surface area contributed by atoms with Gasteiger partial charge in [-0.15, -0.1) is 0 Å². The third-order valence-corrected chi connectivity index (χ3v) is 10.9. The topological polar surface area (TPSA) is 0 Å². The molecule has 9 rings (SSSR count). The minimum Gasteiger partial charge on any atom is -0.0881 e. The monoisotopic (exact) mass is 518 g/mol. The maximum atomic E-state index is 2.44. The Balaban J connectivity index is 1.52. The van der Waals surface area contributed by atoms with Gasteiger partial charge < -0.3 is 0 Å². The van der Waals surface area contributed by atoms with Crippen LogP contribution in [0.5, 0.6) is 0 Å². The summed E-state index contributed by atoms with van der Waals surface area (Å²) < 4.78 is 0. The van der Waals surface area contributed by atoms with E-state index in [0.29, 0.717) is 0 Å². The van der Waals surface area contributed by atoms with Gasteiger partial charge in [-0.1, -0.05) is 96.3 Å². The van der Waals surface area contributed by atoms with Gasteiger partial charge >= 0.3 is 0 Å². The van der Waals surface area contributed by atoms with Crippen molar-refractivity contribution in [3.8, 4) is 22.3 Å². The fourth-order valence-corrected chi connectivity index (χ4v) is 9.29. The first-order valence-corrected chi connectivity index (χ1v) is 14.7. The average Bonchev–Trinajstić information content (AvgIpc) is 2.96. The van der Waals surface area contributed by atoms with Gasteiger partial charge in [-0.05, 0) is 104 Å². The van der Waals surface area contributed by atoms with E-state index in [1.165, 1.54) is 96.1 Å². The Kier molecular flexibility index (Phi) is 4.16. The molecule has 0 atom stereocenters. The number of benzene rings is 7. The first kappa shape index (κ1) is 21.2. The maximum Gasteiger partial charge on any atom is 0.0280 e. The Morgan fingerprint density at radius 3 is 1.21 bits per heavy atom. The minimum absolute atomic E-state index is 1.34. The van der Waals surface area contributed by atoms with Gasteiger partial charge in [0.25, 0.3) is 0 Å². The van der Waals surface area contributed by atoms with Crippen LogP contribution >= 0.6 is 23.5 Å². The summed E-state index contributed by atoms with van der Waals surface area (Å²) in [5.74, 6) is 0. The molecule has 0 N–H and O–H groups in total. The molecule has 38 heavy (non-hydrogen) atoms. The van der Waals surface area contributed by atoms with E-state index in [9.17, 15) is 0 Å². The largest absolute Gasteiger partial charge is 0.0881 e. The number of fused-ring (bicyclic) bond motifs is 11. The van der Waals surface area contributed by atoms with Gasteiger partial charge in [-0.3, -0.25) is 0 Å². The molecule has 0 unspecified atom stereocenters. The molecule has 7 aromatic carbocycles. The standard InChI is InChI=1S/C36H22S2/c1-19-17-27-31-23-11-5-6-12-24(23)32-28-18-20(2)22-10-4-8-14-26(22)36(28)38-30-16-15-29(33(31)34(30)32)37-35(27)25-13-7-3-9-21(19)25/h3-18H,1-2H3. The fourth-order valence-electron chi connectivity index (χ4n) is 6.85. The molecular formula is C36H22S2. The van der Waals surface area contributed by atoms with Crippen LogP contribution in [0.15, 0.2) is 117 Å². The number of rotatable bonds is 0. The molecule has 0 bridgehead atoms. The predicted molar refractivity (Wildman–Crippen MR) is 165 cm³/mol. The number of aryl methyl sites for hydroxylation is 2. The van der Waals surface area contributed by atoms with Crippen molar-refractivity contribution in [2.75, 3.05) is 0 Å². The van der Waals surface area contributed by atoms with Crippen molar-refractivity contribution in [2.24, 2.45) is 0 Å². The third kappa shape index (κ3) is 2.60. The summed E-state index contributed by atoms with van der Waals surface area (Å²) in [6.07, 6.45) is 0. The van der Waals surface area contributed by atoms with Gasteiger partial charge in [0, 0.05) is 30.4 Å². The highest BCUT2D eigenvalue weighted by molar-refractivity contribution is 8.00. The lowest BCUT2D eigenvalue weighted by Crippen LogP contribution is -2.02. The van der Waals surface area contributed by atoms with E-state index >= 15 is 0 Å². The lowest BCUT2D eigenvalue weighted by Gasteiger charge is -2.30. The predicted octanol–water partition coefficient (Wildman–Crippen LogP) is 11.2. The van der Waals surface area contributed by atoms with Crippen molar-refractivity contribution in [2.45, 2.75) is 33.4 Å². The summed E-state index contributed by atoms with van der Waals surface area (Å²) in [6.45, 7) is 4.52. The molecule has 7 aromatic rings. The van der Waals surface area contributed by atoms with E-state index in [2.05, 4.69) is 111 Å². The Hall–Kier alpha value is -3.72. The molecule has 2 heterocycles. The molecular weight excluding hydrogens is 497 g/mol.